The van der Waals surface area contributed by atoms with E-state index in [0.717, 1.165) is 11.3 Å². The number of hydrogen-bond acceptors (Lipinski definition) is 5. The molecule has 0 radical (unpaired) electrons. The van der Waals surface area contributed by atoms with E-state index in [-0.39, 0.29) is 16.5 Å². The van der Waals surface area contributed by atoms with Crippen LogP contribution in [0.2, 0.25) is 0 Å². The molecule has 2 aromatic rings. The Bertz CT molecular complexity index is 578. The average Bonchev–Trinajstić information content (AvgIpc) is 2.57. The number of hydrogen-bond donors (Lipinski definition) is 2. The van der Waals surface area contributed by atoms with Gasteiger partial charge in [0.2, 0.25) is 5.91 Å². The van der Waals surface area contributed by atoms with Gasteiger partial charge in [0, 0.05) is 19.3 Å². The molecule has 0 atom stereocenters. The Morgan fingerprint density at radius 1 is 1.38 bits per heavy atom. The number of carboxylic acid groups (broad SMARTS) is 1. The Morgan fingerprint density at radius 2 is 2.06 bits per heavy atom. The van der Waals surface area contributed by atoms with Gasteiger partial charge in [-0.2, -0.15) is 0 Å². The summed E-state index contributed by atoms with van der Waals surface area (Å²) in [4.78, 5) is 30.5. The van der Waals surface area contributed by atoms with Gasteiger partial charge in [-0.25, -0.2) is 14.8 Å². The van der Waals surface area contributed by atoms with Gasteiger partial charge < -0.3 is 10.4 Å². The van der Waals surface area contributed by atoms with Crippen LogP contribution < -0.4 is 5.32 Å². The Labute approximate surface area is 94.0 Å². The summed E-state index contributed by atoms with van der Waals surface area (Å²) >= 11 is 0.986. The summed E-state index contributed by atoms with van der Waals surface area (Å²) in [5.74, 6) is -1.44. The zero-order chi connectivity index (χ0) is 11.7. The number of aromatic nitrogens is 2. The first-order valence-electron chi connectivity index (χ1n) is 4.34. The molecular formula is C9H7N3O3S. The Morgan fingerprint density at radius 3 is 2.69 bits per heavy atom. The average molecular weight is 237 g/mol. The van der Waals surface area contributed by atoms with Crippen molar-refractivity contribution in [3.8, 4) is 0 Å². The maximum Gasteiger partial charge on any atom is 0.348 e. The van der Waals surface area contributed by atoms with Crippen molar-refractivity contribution in [2.24, 2.45) is 0 Å². The summed E-state index contributed by atoms with van der Waals surface area (Å²) < 4.78 is 0. The van der Waals surface area contributed by atoms with Crippen molar-refractivity contribution in [1.29, 1.82) is 0 Å². The summed E-state index contributed by atoms with van der Waals surface area (Å²) in [6, 6.07) is 0. The molecular weight excluding hydrogens is 230 g/mol. The van der Waals surface area contributed by atoms with Crippen LogP contribution in [-0.2, 0) is 4.79 Å². The summed E-state index contributed by atoms with van der Waals surface area (Å²) in [5, 5.41) is 11.4. The third-order valence-electron chi connectivity index (χ3n) is 1.82. The fraction of sp³-hybridized carbons (Fsp3) is 0.111. The van der Waals surface area contributed by atoms with Gasteiger partial charge in [0.25, 0.3) is 0 Å². The Kier molecular flexibility index (Phi) is 2.53. The van der Waals surface area contributed by atoms with Crippen LogP contribution in [-0.4, -0.2) is 27.0 Å². The molecule has 0 saturated heterocycles. The fourth-order valence-corrected chi connectivity index (χ4v) is 2.16. The second-order valence-corrected chi connectivity index (χ2v) is 4.00. The highest BCUT2D eigenvalue weighted by atomic mass is 32.1. The van der Waals surface area contributed by atoms with Crippen molar-refractivity contribution in [3.63, 3.8) is 0 Å². The molecule has 0 bridgehead atoms. The van der Waals surface area contributed by atoms with E-state index in [1.165, 1.54) is 19.3 Å². The second kappa shape index (κ2) is 3.86. The number of thiophene rings is 1. The molecule has 7 heteroatoms. The van der Waals surface area contributed by atoms with Crippen LogP contribution in [0.3, 0.4) is 0 Å². The number of nitrogens with one attached hydrogen (secondary N) is 1. The van der Waals surface area contributed by atoms with Gasteiger partial charge in [-0.15, -0.1) is 11.3 Å². The highest BCUT2D eigenvalue weighted by Gasteiger charge is 2.19. The first-order valence-corrected chi connectivity index (χ1v) is 5.15. The van der Waals surface area contributed by atoms with Crippen LogP contribution in [0.25, 0.3) is 10.3 Å². The topological polar surface area (TPSA) is 92.2 Å². The van der Waals surface area contributed by atoms with Gasteiger partial charge in [-0.1, -0.05) is 0 Å². The number of anilines is 1. The Balaban J connectivity index is 2.69. The first-order chi connectivity index (χ1) is 7.59. The molecule has 0 spiro atoms. The molecule has 6 nitrogen and oxygen atoms in total. The lowest BCUT2D eigenvalue weighted by atomic mass is 10.3. The van der Waals surface area contributed by atoms with E-state index in [2.05, 4.69) is 15.3 Å². The van der Waals surface area contributed by atoms with Gasteiger partial charge in [-0.05, 0) is 0 Å². The van der Waals surface area contributed by atoms with Gasteiger partial charge in [0.1, 0.15) is 15.2 Å². The first kappa shape index (κ1) is 10.5. The third-order valence-corrected chi connectivity index (χ3v) is 2.90. The molecule has 0 aliphatic carbocycles. The van der Waals surface area contributed by atoms with E-state index >= 15 is 0 Å². The summed E-state index contributed by atoms with van der Waals surface area (Å²) in [6.45, 7) is 1.31. The predicted molar refractivity (Wildman–Crippen MR) is 58.7 cm³/mol. The Hall–Kier alpha value is -2.02. The van der Waals surface area contributed by atoms with E-state index < -0.39 is 5.97 Å². The molecule has 1 amide bonds. The number of carbonyl (C=O) groups is 2. The van der Waals surface area contributed by atoms with Crippen molar-refractivity contribution in [1.82, 2.24) is 9.97 Å². The van der Waals surface area contributed by atoms with Crippen molar-refractivity contribution >= 4 is 39.2 Å². The molecule has 82 valence electrons. The van der Waals surface area contributed by atoms with Crippen molar-refractivity contribution < 1.29 is 14.7 Å². The van der Waals surface area contributed by atoms with E-state index in [4.69, 9.17) is 5.11 Å². The number of amides is 1. The van der Waals surface area contributed by atoms with E-state index in [0.29, 0.717) is 10.3 Å². The normalized spacial score (nSPS) is 10.3. The van der Waals surface area contributed by atoms with Gasteiger partial charge in [0.05, 0.1) is 5.69 Å². The number of nitrogens with zero attached hydrogens (tertiary/aromatic N) is 2. The molecule has 2 aromatic heterocycles. The molecule has 0 aliphatic heterocycles. The predicted octanol–water partition coefficient (Wildman–Crippen LogP) is 1.35. The zero-order valence-electron chi connectivity index (χ0n) is 8.22. The minimum atomic E-state index is -1.10. The lowest BCUT2D eigenvalue weighted by Gasteiger charge is -2.00. The second-order valence-electron chi connectivity index (χ2n) is 3.00. The lowest BCUT2D eigenvalue weighted by molar-refractivity contribution is -0.114. The molecule has 2 rings (SSSR count). The van der Waals surface area contributed by atoms with E-state index in [1.54, 1.807) is 0 Å². The third kappa shape index (κ3) is 1.72. The van der Waals surface area contributed by atoms with Crippen LogP contribution in [0.5, 0.6) is 0 Å². The highest BCUT2D eigenvalue weighted by molar-refractivity contribution is 7.21. The van der Waals surface area contributed by atoms with E-state index in [9.17, 15) is 9.59 Å². The molecule has 0 saturated carbocycles. The molecule has 2 heterocycles. The highest BCUT2D eigenvalue weighted by Crippen LogP contribution is 2.32. The number of carboxylic acids is 1. The van der Waals surface area contributed by atoms with Crippen LogP contribution in [0, 0.1) is 0 Å². The molecule has 0 aromatic carbocycles. The molecule has 0 unspecified atom stereocenters. The number of rotatable bonds is 2. The number of carbonyl (C=O) groups excluding carboxylic acids is 1. The summed E-state index contributed by atoms with van der Waals surface area (Å²) in [6.07, 6.45) is 2.92. The van der Waals surface area contributed by atoms with Gasteiger partial charge in [0.15, 0.2) is 0 Å². The summed E-state index contributed by atoms with van der Waals surface area (Å²) in [5.41, 5.74) is 0.619. The smallest absolute Gasteiger partial charge is 0.348 e. The van der Waals surface area contributed by atoms with Crippen LogP contribution in [0.15, 0.2) is 12.4 Å². The number of aromatic carboxylic acids is 1. The standard InChI is InChI=1S/C9H7N3O3S/c1-4(13)12-5-6-8(11-3-2-10-6)16-7(5)9(14)15/h2-3H,1H3,(H,12,13)(H,14,15). The fourth-order valence-electron chi connectivity index (χ4n) is 1.27. The molecule has 0 aliphatic rings. The largest absolute Gasteiger partial charge is 0.477 e. The maximum absolute atomic E-state index is 11.0. The van der Waals surface area contributed by atoms with Crippen LogP contribution in [0.4, 0.5) is 5.69 Å². The lowest BCUT2D eigenvalue weighted by Crippen LogP contribution is -2.09. The molecule has 16 heavy (non-hydrogen) atoms. The SMILES string of the molecule is CC(=O)Nc1c(C(=O)O)sc2nccnc12. The quantitative estimate of drug-likeness (QED) is 0.822. The molecule has 0 fully saturated rings. The summed E-state index contributed by atoms with van der Waals surface area (Å²) in [7, 11) is 0. The van der Waals surface area contributed by atoms with Gasteiger partial charge in [-0.3, -0.25) is 4.79 Å². The monoisotopic (exact) mass is 237 g/mol. The molecule has 2 N–H and O–H groups in total. The van der Waals surface area contributed by atoms with Crippen LogP contribution in [0.1, 0.15) is 16.6 Å². The van der Waals surface area contributed by atoms with E-state index in [1.807, 2.05) is 0 Å². The van der Waals surface area contributed by atoms with Crippen molar-refractivity contribution in [2.45, 2.75) is 6.92 Å². The minimum absolute atomic E-state index is 0.0383. The van der Waals surface area contributed by atoms with Crippen LogP contribution >= 0.6 is 11.3 Å². The maximum atomic E-state index is 11.0. The van der Waals surface area contributed by atoms with Gasteiger partial charge >= 0.3 is 5.97 Å². The van der Waals surface area contributed by atoms with Crippen molar-refractivity contribution in [3.05, 3.63) is 17.3 Å². The number of fused-ring (bicyclic) bond motifs is 1. The van der Waals surface area contributed by atoms with Crippen molar-refractivity contribution in [2.75, 3.05) is 5.32 Å². The zero-order valence-corrected chi connectivity index (χ0v) is 9.04. The minimum Gasteiger partial charge on any atom is -0.477 e.